The van der Waals surface area contributed by atoms with E-state index >= 15 is 0 Å². The third-order valence-corrected chi connectivity index (χ3v) is 5.35. The summed E-state index contributed by atoms with van der Waals surface area (Å²) < 4.78 is 2.63. The third kappa shape index (κ3) is 2.03. The molecule has 0 saturated heterocycles. The molecule has 0 atom stereocenters. The van der Waals surface area contributed by atoms with Crippen molar-refractivity contribution < 1.29 is 0 Å². The molecule has 2 heterocycles. The minimum atomic E-state index is 0.682. The van der Waals surface area contributed by atoms with Crippen LogP contribution in [0.3, 0.4) is 0 Å². The van der Waals surface area contributed by atoms with Gasteiger partial charge in [-0.05, 0) is 43.4 Å². The summed E-state index contributed by atoms with van der Waals surface area (Å²) in [6.45, 7) is 5.65. The molecule has 104 valence electrons. The third-order valence-electron chi connectivity index (χ3n) is 5.35. The molecule has 1 aromatic rings. The van der Waals surface area contributed by atoms with Crippen molar-refractivity contribution in [3.8, 4) is 0 Å². The Morgan fingerprint density at radius 2 is 2.21 bits per heavy atom. The first kappa shape index (κ1) is 12.0. The monoisotopic (exact) mass is 259 g/mol. The van der Waals surface area contributed by atoms with Crippen LogP contribution < -0.4 is 5.32 Å². The van der Waals surface area contributed by atoms with Crippen molar-refractivity contribution in [1.29, 1.82) is 0 Å². The van der Waals surface area contributed by atoms with Crippen molar-refractivity contribution in [3.05, 3.63) is 17.2 Å². The van der Waals surface area contributed by atoms with Crippen molar-refractivity contribution in [3.63, 3.8) is 0 Å². The quantitative estimate of drug-likeness (QED) is 0.881. The summed E-state index contributed by atoms with van der Waals surface area (Å²) in [7, 11) is 0. The molecule has 2 fully saturated rings. The van der Waals surface area contributed by atoms with Crippen molar-refractivity contribution in [1.82, 2.24) is 14.9 Å². The summed E-state index contributed by atoms with van der Waals surface area (Å²) >= 11 is 0. The second-order valence-corrected chi connectivity index (χ2v) is 6.82. The van der Waals surface area contributed by atoms with Gasteiger partial charge in [-0.25, -0.2) is 4.98 Å². The number of hydrogen-bond acceptors (Lipinski definition) is 2. The topological polar surface area (TPSA) is 29.9 Å². The van der Waals surface area contributed by atoms with Crippen LogP contribution in [-0.2, 0) is 25.9 Å². The molecule has 0 amide bonds. The van der Waals surface area contributed by atoms with Crippen LogP contribution in [-0.4, -0.2) is 16.1 Å². The molecule has 3 heteroatoms. The molecule has 1 aliphatic heterocycles. The van der Waals surface area contributed by atoms with Crippen LogP contribution in [0.2, 0.25) is 0 Å². The standard InChI is InChI=1S/C16H25N3/c1-2-3-15-18-13-10-17-9-6-14(13)19(15)11-16(7-8-16)12-4-5-12/h12,17H,2-11H2,1H3. The first-order valence-electron chi connectivity index (χ1n) is 8.10. The highest BCUT2D eigenvalue weighted by Gasteiger charge is 2.54. The van der Waals surface area contributed by atoms with Gasteiger partial charge in [0.15, 0.2) is 0 Å². The van der Waals surface area contributed by atoms with Crippen LogP contribution in [0.1, 0.15) is 56.2 Å². The highest BCUT2D eigenvalue weighted by atomic mass is 15.1. The zero-order valence-electron chi connectivity index (χ0n) is 12.0. The first-order chi connectivity index (χ1) is 9.32. The fraction of sp³-hybridized carbons (Fsp3) is 0.812. The Morgan fingerprint density at radius 1 is 1.37 bits per heavy atom. The zero-order chi connectivity index (χ0) is 12.9. The van der Waals surface area contributed by atoms with Crippen molar-refractivity contribution in [2.75, 3.05) is 6.54 Å². The van der Waals surface area contributed by atoms with Gasteiger partial charge in [-0.1, -0.05) is 6.92 Å². The van der Waals surface area contributed by atoms with E-state index in [0.29, 0.717) is 5.41 Å². The molecule has 0 aromatic carbocycles. The van der Waals surface area contributed by atoms with Gasteiger partial charge in [0.2, 0.25) is 0 Å². The van der Waals surface area contributed by atoms with Crippen LogP contribution in [0.5, 0.6) is 0 Å². The van der Waals surface area contributed by atoms with E-state index in [-0.39, 0.29) is 0 Å². The van der Waals surface area contributed by atoms with Crippen molar-refractivity contribution in [2.45, 2.75) is 65.0 Å². The Morgan fingerprint density at radius 3 is 2.89 bits per heavy atom. The lowest BCUT2D eigenvalue weighted by molar-refractivity contribution is 0.356. The SMILES string of the molecule is CCCc1nc2c(n1CC1(C3CC3)CC1)CCNC2. The molecule has 3 nitrogen and oxygen atoms in total. The first-order valence-corrected chi connectivity index (χ1v) is 8.10. The number of nitrogens with one attached hydrogen (secondary N) is 1. The van der Waals surface area contributed by atoms with E-state index in [1.54, 1.807) is 5.69 Å². The van der Waals surface area contributed by atoms with Gasteiger partial charge in [-0.3, -0.25) is 0 Å². The van der Waals surface area contributed by atoms with Gasteiger partial charge >= 0.3 is 0 Å². The molecule has 0 spiro atoms. The van der Waals surface area contributed by atoms with E-state index in [1.165, 1.54) is 56.6 Å². The highest BCUT2D eigenvalue weighted by molar-refractivity contribution is 5.22. The number of fused-ring (bicyclic) bond motifs is 1. The summed E-state index contributed by atoms with van der Waals surface area (Å²) in [5, 5.41) is 3.46. The normalized spacial score (nSPS) is 24.3. The maximum absolute atomic E-state index is 4.93. The van der Waals surface area contributed by atoms with E-state index in [2.05, 4.69) is 16.8 Å². The predicted molar refractivity (Wildman–Crippen MR) is 76.0 cm³/mol. The number of hydrogen-bond donors (Lipinski definition) is 1. The van der Waals surface area contributed by atoms with Crippen LogP contribution in [0, 0.1) is 11.3 Å². The molecule has 1 aromatic heterocycles. The van der Waals surface area contributed by atoms with Crippen molar-refractivity contribution in [2.24, 2.45) is 11.3 Å². The molecular formula is C16H25N3. The molecule has 4 rings (SSSR count). The zero-order valence-corrected chi connectivity index (χ0v) is 12.0. The predicted octanol–water partition coefficient (Wildman–Crippen LogP) is 2.67. The van der Waals surface area contributed by atoms with E-state index < -0.39 is 0 Å². The summed E-state index contributed by atoms with van der Waals surface area (Å²) in [6, 6.07) is 0. The molecule has 1 N–H and O–H groups in total. The Kier molecular flexibility index (Phi) is 2.73. The van der Waals surface area contributed by atoms with Gasteiger partial charge in [-0.15, -0.1) is 0 Å². The molecular weight excluding hydrogens is 234 g/mol. The Labute approximate surface area is 115 Å². The van der Waals surface area contributed by atoms with Gasteiger partial charge in [0.1, 0.15) is 5.82 Å². The molecule has 2 saturated carbocycles. The maximum Gasteiger partial charge on any atom is 0.109 e. The maximum atomic E-state index is 4.93. The summed E-state index contributed by atoms with van der Waals surface area (Å²) in [4.78, 5) is 4.93. The highest BCUT2D eigenvalue weighted by Crippen LogP contribution is 2.62. The van der Waals surface area contributed by atoms with Gasteiger partial charge in [0.25, 0.3) is 0 Å². The second-order valence-electron chi connectivity index (χ2n) is 6.82. The molecule has 2 aliphatic carbocycles. The fourth-order valence-electron chi connectivity index (χ4n) is 3.89. The Bertz CT molecular complexity index is 480. The number of nitrogens with zero attached hydrogens (tertiary/aromatic N) is 2. The second kappa shape index (κ2) is 4.34. The minimum absolute atomic E-state index is 0.682. The Balaban J connectivity index is 1.66. The van der Waals surface area contributed by atoms with Crippen LogP contribution in [0.4, 0.5) is 0 Å². The number of aryl methyl sites for hydroxylation is 1. The van der Waals surface area contributed by atoms with Crippen LogP contribution in [0.15, 0.2) is 0 Å². The lowest BCUT2D eigenvalue weighted by Crippen LogP contribution is -2.26. The molecule has 0 unspecified atom stereocenters. The molecule has 0 radical (unpaired) electrons. The summed E-state index contributed by atoms with van der Waals surface area (Å²) in [5.41, 5.74) is 3.57. The van der Waals surface area contributed by atoms with E-state index in [1.807, 2.05) is 0 Å². The van der Waals surface area contributed by atoms with E-state index in [4.69, 9.17) is 4.98 Å². The van der Waals surface area contributed by atoms with Gasteiger partial charge in [-0.2, -0.15) is 0 Å². The summed E-state index contributed by atoms with van der Waals surface area (Å²) in [6.07, 6.45) is 9.44. The fourth-order valence-corrected chi connectivity index (χ4v) is 3.89. The van der Waals surface area contributed by atoms with Crippen LogP contribution in [0.25, 0.3) is 0 Å². The molecule has 3 aliphatic rings. The number of aromatic nitrogens is 2. The molecule has 19 heavy (non-hydrogen) atoms. The molecule has 0 bridgehead atoms. The Hall–Kier alpha value is -0.830. The largest absolute Gasteiger partial charge is 0.331 e. The van der Waals surface area contributed by atoms with Crippen molar-refractivity contribution >= 4 is 0 Å². The van der Waals surface area contributed by atoms with Gasteiger partial charge in [0.05, 0.1) is 5.69 Å². The smallest absolute Gasteiger partial charge is 0.109 e. The van der Waals surface area contributed by atoms with E-state index in [0.717, 1.165) is 25.4 Å². The van der Waals surface area contributed by atoms with E-state index in [9.17, 15) is 0 Å². The van der Waals surface area contributed by atoms with Gasteiger partial charge in [0, 0.05) is 38.2 Å². The lowest BCUT2D eigenvalue weighted by Gasteiger charge is -2.21. The number of imidazole rings is 1. The average molecular weight is 259 g/mol. The summed E-state index contributed by atoms with van der Waals surface area (Å²) in [5.74, 6) is 2.41. The van der Waals surface area contributed by atoms with Gasteiger partial charge < -0.3 is 9.88 Å². The van der Waals surface area contributed by atoms with Crippen LogP contribution >= 0.6 is 0 Å². The number of rotatable bonds is 5. The minimum Gasteiger partial charge on any atom is -0.331 e. The lowest BCUT2D eigenvalue weighted by atomic mass is 10.00. The average Bonchev–Trinajstić information content (AvgIpc) is 3.30.